The number of aromatic nitrogens is 5. The molecule has 1 atom stereocenters. The van der Waals surface area contributed by atoms with E-state index in [1.807, 2.05) is 31.4 Å². The Kier molecular flexibility index (Phi) is 3.79. The minimum atomic E-state index is -0.208. The van der Waals surface area contributed by atoms with Crippen molar-refractivity contribution in [3.8, 4) is 0 Å². The second-order valence-electron chi connectivity index (χ2n) is 6.34. The molecule has 0 aromatic carbocycles. The molecule has 25 heavy (non-hydrogen) atoms. The Morgan fingerprint density at radius 3 is 3.00 bits per heavy atom. The molecule has 1 aliphatic carbocycles. The molecule has 3 heterocycles. The van der Waals surface area contributed by atoms with E-state index in [9.17, 15) is 4.79 Å². The van der Waals surface area contributed by atoms with Crippen LogP contribution < -0.4 is 10.2 Å². The fraction of sp³-hybridized carbons (Fsp3) is 0.353. The lowest BCUT2D eigenvalue weighted by atomic mass is 9.92. The maximum absolute atomic E-state index is 12.6. The van der Waals surface area contributed by atoms with E-state index in [1.54, 1.807) is 22.9 Å². The highest BCUT2D eigenvalue weighted by atomic mass is 16.2. The van der Waals surface area contributed by atoms with Crippen LogP contribution in [0.1, 0.15) is 40.6 Å². The van der Waals surface area contributed by atoms with Crippen molar-refractivity contribution in [1.82, 2.24) is 29.7 Å². The van der Waals surface area contributed by atoms with Gasteiger partial charge in [-0.2, -0.15) is 0 Å². The molecule has 0 bridgehead atoms. The molecule has 1 N–H and O–H groups in total. The molecule has 0 saturated heterocycles. The summed E-state index contributed by atoms with van der Waals surface area (Å²) in [6.07, 6.45) is 9.74. The number of imidazole rings is 1. The number of aryl methyl sites for hydroxylation is 1. The normalized spacial score (nSPS) is 16.5. The van der Waals surface area contributed by atoms with Crippen molar-refractivity contribution in [2.45, 2.75) is 25.3 Å². The van der Waals surface area contributed by atoms with Gasteiger partial charge in [-0.15, -0.1) is 0 Å². The Morgan fingerprint density at radius 2 is 2.20 bits per heavy atom. The van der Waals surface area contributed by atoms with Gasteiger partial charge >= 0.3 is 0 Å². The van der Waals surface area contributed by atoms with Gasteiger partial charge in [0.15, 0.2) is 0 Å². The molecular weight excluding hydrogens is 318 g/mol. The number of fused-ring (bicyclic) bond motifs is 2. The summed E-state index contributed by atoms with van der Waals surface area (Å²) < 4.78 is 1.73. The number of nitrogens with zero attached hydrogens (tertiary/aromatic N) is 6. The first-order valence-electron chi connectivity index (χ1n) is 8.25. The number of hydrogen-bond acceptors (Lipinski definition) is 6. The van der Waals surface area contributed by atoms with E-state index in [0.717, 1.165) is 30.5 Å². The topological polar surface area (TPSA) is 88.3 Å². The molecule has 3 aromatic rings. The summed E-state index contributed by atoms with van der Waals surface area (Å²) in [6, 6.07) is 1.71. The lowest BCUT2D eigenvalue weighted by molar-refractivity contribution is 0.0928. The highest BCUT2D eigenvalue weighted by Gasteiger charge is 2.25. The zero-order chi connectivity index (χ0) is 17.4. The van der Waals surface area contributed by atoms with Crippen molar-refractivity contribution in [2.24, 2.45) is 0 Å². The number of hydrogen-bond donors (Lipinski definition) is 1. The van der Waals surface area contributed by atoms with Gasteiger partial charge in [-0.3, -0.25) is 9.20 Å². The monoisotopic (exact) mass is 337 g/mol. The molecular formula is C17H19N7O. The number of nitrogens with one attached hydrogen (secondary N) is 1. The summed E-state index contributed by atoms with van der Waals surface area (Å²) >= 11 is 0. The van der Waals surface area contributed by atoms with E-state index in [4.69, 9.17) is 0 Å². The van der Waals surface area contributed by atoms with Crippen LogP contribution >= 0.6 is 0 Å². The Labute approximate surface area is 145 Å². The van der Waals surface area contributed by atoms with Gasteiger partial charge in [-0.1, -0.05) is 0 Å². The molecule has 8 nitrogen and oxygen atoms in total. The van der Waals surface area contributed by atoms with Gasteiger partial charge in [0.1, 0.15) is 5.69 Å². The molecule has 1 aliphatic rings. The zero-order valence-corrected chi connectivity index (χ0v) is 14.2. The molecule has 0 spiro atoms. The largest absolute Gasteiger partial charge is 0.347 e. The Hall–Kier alpha value is -3.03. The fourth-order valence-corrected chi connectivity index (χ4v) is 3.07. The van der Waals surface area contributed by atoms with Crippen molar-refractivity contribution in [2.75, 3.05) is 19.0 Å². The fourth-order valence-electron chi connectivity index (χ4n) is 3.07. The third-order valence-corrected chi connectivity index (χ3v) is 4.34. The van der Waals surface area contributed by atoms with E-state index in [0.29, 0.717) is 17.4 Å². The van der Waals surface area contributed by atoms with E-state index in [1.165, 1.54) is 0 Å². The molecule has 3 aromatic heterocycles. The van der Waals surface area contributed by atoms with Gasteiger partial charge in [-0.25, -0.2) is 19.9 Å². The number of carbonyl (C=O) groups is 1. The first kappa shape index (κ1) is 15.5. The minimum Gasteiger partial charge on any atom is -0.347 e. The third kappa shape index (κ3) is 2.90. The molecule has 8 heteroatoms. The van der Waals surface area contributed by atoms with Crippen LogP contribution in [0.25, 0.3) is 5.78 Å². The van der Waals surface area contributed by atoms with E-state index in [-0.39, 0.29) is 11.9 Å². The van der Waals surface area contributed by atoms with Crippen LogP contribution in [0.15, 0.2) is 30.9 Å². The second-order valence-corrected chi connectivity index (χ2v) is 6.34. The highest BCUT2D eigenvalue weighted by Crippen LogP contribution is 2.29. The third-order valence-electron chi connectivity index (χ3n) is 4.34. The summed E-state index contributed by atoms with van der Waals surface area (Å²) in [5, 5.41) is 3.06. The summed E-state index contributed by atoms with van der Waals surface area (Å²) in [5.74, 6) is 0.993. The van der Waals surface area contributed by atoms with Gasteiger partial charge in [0.25, 0.3) is 5.91 Å². The van der Waals surface area contributed by atoms with Crippen molar-refractivity contribution >= 4 is 17.6 Å². The lowest BCUT2D eigenvalue weighted by Crippen LogP contribution is -2.32. The van der Waals surface area contributed by atoms with Gasteiger partial charge < -0.3 is 10.2 Å². The van der Waals surface area contributed by atoms with E-state index in [2.05, 4.69) is 25.3 Å². The van der Waals surface area contributed by atoms with Crippen LogP contribution in [-0.4, -0.2) is 44.3 Å². The Bertz CT molecular complexity index is 901. The van der Waals surface area contributed by atoms with Crippen LogP contribution in [0, 0.1) is 0 Å². The summed E-state index contributed by atoms with van der Waals surface area (Å²) in [6.45, 7) is 0. The molecule has 0 saturated carbocycles. The predicted octanol–water partition coefficient (Wildman–Crippen LogP) is 1.39. The van der Waals surface area contributed by atoms with Crippen molar-refractivity contribution in [3.05, 3.63) is 47.8 Å². The molecule has 128 valence electrons. The minimum absolute atomic E-state index is 0.0924. The average Bonchev–Trinajstić information content (AvgIpc) is 3.06. The van der Waals surface area contributed by atoms with Crippen LogP contribution in [-0.2, 0) is 6.42 Å². The maximum Gasteiger partial charge on any atom is 0.272 e. The van der Waals surface area contributed by atoms with Gasteiger partial charge in [0.2, 0.25) is 11.7 Å². The summed E-state index contributed by atoms with van der Waals surface area (Å²) in [5.41, 5.74) is 2.36. The molecule has 0 fully saturated rings. The van der Waals surface area contributed by atoms with E-state index < -0.39 is 0 Å². The first-order valence-corrected chi connectivity index (χ1v) is 8.25. The number of rotatable bonds is 3. The lowest BCUT2D eigenvalue weighted by Gasteiger charge is -2.26. The average molecular weight is 337 g/mol. The van der Waals surface area contributed by atoms with Crippen molar-refractivity contribution in [3.63, 3.8) is 0 Å². The van der Waals surface area contributed by atoms with Crippen LogP contribution in [0.2, 0.25) is 0 Å². The predicted molar refractivity (Wildman–Crippen MR) is 92.5 cm³/mol. The second kappa shape index (κ2) is 6.12. The standard InChI is InChI=1S/C17H19N7O/c1-23(2)16-19-9-11-12(5-3-6-13(11)21-16)20-15(25)14-10-24-8-4-7-18-17(24)22-14/h4,7-10,12H,3,5-6H2,1-2H3,(H,20,25). The molecule has 0 radical (unpaired) electrons. The van der Waals surface area contributed by atoms with Crippen LogP contribution in [0.4, 0.5) is 5.95 Å². The summed E-state index contributed by atoms with van der Waals surface area (Å²) in [7, 11) is 3.84. The van der Waals surface area contributed by atoms with Crippen molar-refractivity contribution in [1.29, 1.82) is 0 Å². The molecule has 1 unspecified atom stereocenters. The van der Waals surface area contributed by atoms with Crippen LogP contribution in [0.3, 0.4) is 0 Å². The molecule has 1 amide bonds. The first-order chi connectivity index (χ1) is 12.1. The SMILES string of the molecule is CN(C)c1ncc2c(n1)CCCC2NC(=O)c1cn2cccnc2n1. The van der Waals surface area contributed by atoms with Gasteiger partial charge in [0, 0.05) is 44.4 Å². The highest BCUT2D eigenvalue weighted by molar-refractivity contribution is 5.93. The Balaban J connectivity index is 1.58. The van der Waals surface area contributed by atoms with E-state index >= 15 is 0 Å². The molecule has 4 rings (SSSR count). The number of carbonyl (C=O) groups excluding carboxylic acids is 1. The summed E-state index contributed by atoms with van der Waals surface area (Å²) in [4.78, 5) is 31.9. The Morgan fingerprint density at radius 1 is 1.32 bits per heavy atom. The zero-order valence-electron chi connectivity index (χ0n) is 14.2. The smallest absolute Gasteiger partial charge is 0.272 e. The van der Waals surface area contributed by atoms with Gasteiger partial charge in [-0.05, 0) is 25.3 Å². The molecule has 0 aliphatic heterocycles. The quantitative estimate of drug-likeness (QED) is 0.777. The van der Waals surface area contributed by atoms with Crippen LogP contribution in [0.5, 0.6) is 0 Å². The number of amides is 1. The van der Waals surface area contributed by atoms with Gasteiger partial charge in [0.05, 0.1) is 11.7 Å². The van der Waals surface area contributed by atoms with Crippen molar-refractivity contribution < 1.29 is 4.79 Å². The number of anilines is 1. The maximum atomic E-state index is 12.6.